The van der Waals surface area contributed by atoms with Crippen LogP contribution in [0.5, 0.6) is 0 Å². The molecular weight excluding hydrogens is 484 g/mol. The van der Waals surface area contributed by atoms with E-state index >= 15 is 0 Å². The molecule has 166 valence electrons. The normalized spacial score (nSPS) is 11.2. The number of fused-ring (bicyclic) bond motifs is 1. The second kappa shape index (κ2) is 9.54. The molecule has 4 rings (SSSR count). The predicted molar refractivity (Wildman–Crippen MR) is 127 cm³/mol. The van der Waals surface area contributed by atoms with Gasteiger partial charge in [-0.05, 0) is 42.5 Å². The maximum absolute atomic E-state index is 12.7. The fourth-order valence-corrected chi connectivity index (χ4v) is 4.84. The van der Waals surface area contributed by atoms with Crippen molar-refractivity contribution in [3.05, 3.63) is 77.3 Å². The molecule has 0 saturated carbocycles. The van der Waals surface area contributed by atoms with Crippen LogP contribution < -0.4 is 10.0 Å². The van der Waals surface area contributed by atoms with E-state index in [0.717, 1.165) is 11.8 Å². The average Bonchev–Trinajstić information content (AvgIpc) is 3.22. The molecule has 2 N–H and O–H groups in total. The lowest BCUT2D eigenvalue weighted by molar-refractivity contribution is -0.113. The third-order valence-corrected chi connectivity index (χ3v) is 6.94. The second-order valence-corrected chi connectivity index (χ2v) is 9.71. The fraction of sp³-hybridized carbons (Fsp3) is 0.0455. The Morgan fingerprint density at radius 2 is 1.82 bits per heavy atom. The SMILES string of the molecule is N#Cc1ccccc1NC(=O)CSc1nc2cc(S(=O)(=O)Nc3ccccc3Cl)ccc2o1. The van der Waals surface area contributed by atoms with Gasteiger partial charge in [0.1, 0.15) is 11.6 Å². The number of hydrogen-bond donors (Lipinski definition) is 2. The molecule has 3 aromatic carbocycles. The Kier molecular flexibility index (Phi) is 6.55. The zero-order chi connectivity index (χ0) is 23.4. The monoisotopic (exact) mass is 498 g/mol. The summed E-state index contributed by atoms with van der Waals surface area (Å²) < 4.78 is 33.5. The van der Waals surface area contributed by atoms with Crippen LogP contribution in [0, 0.1) is 11.3 Å². The van der Waals surface area contributed by atoms with Gasteiger partial charge in [0.15, 0.2) is 5.58 Å². The number of para-hydroxylation sites is 2. The number of hydrogen-bond acceptors (Lipinski definition) is 7. The zero-order valence-electron chi connectivity index (χ0n) is 16.8. The number of nitrogens with zero attached hydrogens (tertiary/aromatic N) is 2. The summed E-state index contributed by atoms with van der Waals surface area (Å²) in [5.74, 6) is -0.344. The summed E-state index contributed by atoms with van der Waals surface area (Å²) in [5, 5.41) is 12.3. The Morgan fingerprint density at radius 3 is 2.58 bits per heavy atom. The van der Waals surface area contributed by atoms with Gasteiger partial charge in [0.25, 0.3) is 15.2 Å². The minimum atomic E-state index is -3.90. The van der Waals surface area contributed by atoms with E-state index in [0.29, 0.717) is 22.4 Å². The van der Waals surface area contributed by atoms with E-state index in [9.17, 15) is 13.2 Å². The highest BCUT2D eigenvalue weighted by Crippen LogP contribution is 2.28. The molecular formula is C22H15ClN4O4S2. The van der Waals surface area contributed by atoms with Gasteiger partial charge in [-0.25, -0.2) is 13.4 Å². The molecule has 0 atom stereocenters. The Labute approximate surface area is 198 Å². The molecule has 0 aliphatic rings. The first-order chi connectivity index (χ1) is 15.9. The first kappa shape index (κ1) is 22.7. The van der Waals surface area contributed by atoms with E-state index in [2.05, 4.69) is 15.0 Å². The highest BCUT2D eigenvalue weighted by Gasteiger charge is 2.18. The lowest BCUT2D eigenvalue weighted by Gasteiger charge is -2.09. The van der Waals surface area contributed by atoms with Crippen molar-refractivity contribution >= 4 is 61.8 Å². The molecule has 8 nitrogen and oxygen atoms in total. The summed E-state index contributed by atoms with van der Waals surface area (Å²) in [6, 6.07) is 19.5. The maximum Gasteiger partial charge on any atom is 0.262 e. The molecule has 0 fully saturated rings. The third-order valence-electron chi connectivity index (χ3n) is 4.42. The Bertz CT molecular complexity index is 1500. The predicted octanol–water partition coefficient (Wildman–Crippen LogP) is 4.88. The van der Waals surface area contributed by atoms with E-state index in [4.69, 9.17) is 21.3 Å². The second-order valence-electron chi connectivity index (χ2n) is 6.69. The van der Waals surface area contributed by atoms with Gasteiger partial charge in [0.05, 0.1) is 32.6 Å². The number of sulfonamides is 1. The fourth-order valence-electron chi connectivity index (χ4n) is 2.87. The smallest absolute Gasteiger partial charge is 0.262 e. The van der Waals surface area contributed by atoms with Crippen LogP contribution in [0.15, 0.2) is 81.3 Å². The maximum atomic E-state index is 12.7. The van der Waals surface area contributed by atoms with Crippen molar-refractivity contribution in [3.63, 3.8) is 0 Å². The van der Waals surface area contributed by atoms with Crippen molar-refractivity contribution in [1.82, 2.24) is 4.98 Å². The number of benzene rings is 3. The van der Waals surface area contributed by atoms with Crippen LogP contribution in [0.4, 0.5) is 11.4 Å². The van der Waals surface area contributed by atoms with Crippen LogP contribution in [-0.2, 0) is 14.8 Å². The minimum Gasteiger partial charge on any atom is -0.431 e. The summed E-state index contributed by atoms with van der Waals surface area (Å²) in [5.41, 5.74) is 1.75. The van der Waals surface area contributed by atoms with E-state index in [1.54, 1.807) is 48.5 Å². The van der Waals surface area contributed by atoms with Crippen LogP contribution in [0.3, 0.4) is 0 Å². The molecule has 11 heteroatoms. The van der Waals surface area contributed by atoms with Gasteiger partial charge in [-0.1, -0.05) is 47.6 Å². The van der Waals surface area contributed by atoms with Crippen molar-refractivity contribution in [1.29, 1.82) is 5.26 Å². The number of nitriles is 1. The largest absolute Gasteiger partial charge is 0.431 e. The van der Waals surface area contributed by atoms with Crippen LogP contribution in [0.2, 0.25) is 5.02 Å². The molecule has 0 bridgehead atoms. The van der Waals surface area contributed by atoms with Crippen molar-refractivity contribution in [2.45, 2.75) is 10.1 Å². The van der Waals surface area contributed by atoms with Crippen LogP contribution in [-0.4, -0.2) is 25.1 Å². The van der Waals surface area contributed by atoms with Crippen molar-refractivity contribution in [2.75, 3.05) is 15.8 Å². The lowest BCUT2D eigenvalue weighted by Crippen LogP contribution is -2.14. The number of aromatic nitrogens is 1. The molecule has 0 spiro atoms. The lowest BCUT2D eigenvalue weighted by atomic mass is 10.2. The van der Waals surface area contributed by atoms with Gasteiger partial charge in [-0.2, -0.15) is 5.26 Å². The molecule has 1 aromatic heterocycles. The molecule has 1 heterocycles. The van der Waals surface area contributed by atoms with Gasteiger partial charge in [-0.15, -0.1) is 0 Å². The first-order valence-corrected chi connectivity index (χ1v) is 12.3. The van der Waals surface area contributed by atoms with Crippen molar-refractivity contribution < 1.29 is 17.6 Å². The summed E-state index contributed by atoms with van der Waals surface area (Å²) >= 11 is 7.09. The zero-order valence-corrected chi connectivity index (χ0v) is 19.2. The van der Waals surface area contributed by atoms with Gasteiger partial charge in [-0.3, -0.25) is 9.52 Å². The van der Waals surface area contributed by atoms with Crippen molar-refractivity contribution in [2.24, 2.45) is 0 Å². The topological polar surface area (TPSA) is 125 Å². The number of oxazole rings is 1. The number of thioether (sulfide) groups is 1. The van der Waals surface area contributed by atoms with E-state index < -0.39 is 10.0 Å². The number of anilines is 2. The highest BCUT2D eigenvalue weighted by molar-refractivity contribution is 7.99. The number of rotatable bonds is 7. The molecule has 0 aliphatic carbocycles. The summed E-state index contributed by atoms with van der Waals surface area (Å²) in [4.78, 5) is 16.5. The van der Waals surface area contributed by atoms with Gasteiger partial charge in [0, 0.05) is 0 Å². The van der Waals surface area contributed by atoms with Crippen LogP contribution in [0.25, 0.3) is 11.1 Å². The quantitative estimate of drug-likeness (QED) is 0.347. The average molecular weight is 499 g/mol. The number of carbonyl (C=O) groups is 1. The van der Waals surface area contributed by atoms with Gasteiger partial charge in [0.2, 0.25) is 5.91 Å². The number of halogens is 1. The van der Waals surface area contributed by atoms with E-state index in [1.165, 1.54) is 18.2 Å². The standard InChI is InChI=1S/C22H15ClN4O4S2/c23-16-6-2-4-8-18(16)27-33(29,30)15-9-10-20-19(11-15)26-22(31-20)32-13-21(28)25-17-7-3-1-5-14(17)12-24/h1-11,27H,13H2,(H,25,28). The molecule has 0 aliphatic heterocycles. The molecule has 4 aromatic rings. The Hall–Kier alpha value is -3.52. The minimum absolute atomic E-state index is 0.00813. The third kappa shape index (κ3) is 5.28. The number of amides is 1. The van der Waals surface area contributed by atoms with Gasteiger partial charge >= 0.3 is 0 Å². The highest BCUT2D eigenvalue weighted by atomic mass is 35.5. The van der Waals surface area contributed by atoms with E-state index in [1.807, 2.05) is 6.07 Å². The molecule has 1 amide bonds. The Balaban J connectivity index is 1.46. The summed E-state index contributed by atoms with van der Waals surface area (Å²) in [7, 11) is -3.90. The number of carbonyl (C=O) groups excluding carboxylic acids is 1. The summed E-state index contributed by atoms with van der Waals surface area (Å²) in [6.07, 6.45) is 0. The Morgan fingerprint density at radius 1 is 1.09 bits per heavy atom. The molecule has 33 heavy (non-hydrogen) atoms. The van der Waals surface area contributed by atoms with Crippen molar-refractivity contribution in [3.8, 4) is 6.07 Å². The van der Waals surface area contributed by atoms with Crippen LogP contribution >= 0.6 is 23.4 Å². The number of nitrogens with one attached hydrogen (secondary N) is 2. The van der Waals surface area contributed by atoms with E-state index in [-0.39, 0.29) is 32.5 Å². The van der Waals surface area contributed by atoms with Gasteiger partial charge < -0.3 is 9.73 Å². The molecule has 0 unspecified atom stereocenters. The first-order valence-electron chi connectivity index (χ1n) is 9.45. The summed E-state index contributed by atoms with van der Waals surface area (Å²) in [6.45, 7) is 0. The molecule has 0 radical (unpaired) electrons. The van der Waals surface area contributed by atoms with Crippen LogP contribution in [0.1, 0.15) is 5.56 Å². The molecule has 0 saturated heterocycles.